The first kappa shape index (κ1) is 32.0. The maximum atomic E-state index is 14.2. The number of hydrogen-bond donors (Lipinski definition) is 2. The summed E-state index contributed by atoms with van der Waals surface area (Å²) in [5, 5.41) is 6.09. The van der Waals surface area contributed by atoms with Gasteiger partial charge in [-0.2, -0.15) is 11.8 Å². The number of benzene rings is 1. The van der Waals surface area contributed by atoms with Gasteiger partial charge >= 0.3 is 6.09 Å². The van der Waals surface area contributed by atoms with Crippen LogP contribution in [-0.4, -0.2) is 59.0 Å². The monoisotopic (exact) mass is 547 g/mol. The van der Waals surface area contributed by atoms with Gasteiger partial charge in [0.05, 0.1) is 0 Å². The van der Waals surface area contributed by atoms with Gasteiger partial charge in [-0.15, -0.1) is 0 Å². The minimum atomic E-state index is -0.787. The minimum Gasteiger partial charge on any atom is -0.444 e. The summed E-state index contributed by atoms with van der Waals surface area (Å²) in [6.45, 7) is 11.9. The fourth-order valence-corrected chi connectivity index (χ4v) is 5.48. The maximum absolute atomic E-state index is 14.2. The van der Waals surface area contributed by atoms with E-state index in [4.69, 9.17) is 4.74 Å². The second kappa shape index (κ2) is 15.4. The first-order valence-electron chi connectivity index (χ1n) is 14.1. The van der Waals surface area contributed by atoms with Gasteiger partial charge in [-0.05, 0) is 77.9 Å². The average Bonchev–Trinajstić information content (AvgIpc) is 2.82. The highest BCUT2D eigenvalue weighted by molar-refractivity contribution is 7.98. The molecular weight excluding hydrogens is 498 g/mol. The van der Waals surface area contributed by atoms with E-state index >= 15 is 0 Å². The molecule has 8 heteroatoms. The summed E-state index contributed by atoms with van der Waals surface area (Å²) in [7, 11) is 0. The Bertz CT molecular complexity index is 904. The second-order valence-electron chi connectivity index (χ2n) is 11.5. The summed E-state index contributed by atoms with van der Waals surface area (Å²) in [6, 6.07) is 4.64. The van der Waals surface area contributed by atoms with Crippen LogP contribution in [0, 0.1) is 13.8 Å². The van der Waals surface area contributed by atoms with Crippen LogP contribution in [0.2, 0.25) is 0 Å². The SMILES string of the molecule is CCCCN(C(=O)C(CCSC)NC(=O)OC(C)(C)C)C(C(=O)NC1CCCCC1)c1cc(C)cc(C)c1. The zero-order valence-electron chi connectivity index (χ0n) is 24.5. The average molecular weight is 548 g/mol. The Morgan fingerprint density at radius 3 is 2.26 bits per heavy atom. The maximum Gasteiger partial charge on any atom is 0.408 e. The molecule has 2 unspecified atom stereocenters. The Hall–Kier alpha value is -2.22. The van der Waals surface area contributed by atoms with Crippen LogP contribution in [-0.2, 0) is 14.3 Å². The van der Waals surface area contributed by atoms with Gasteiger partial charge in [0, 0.05) is 12.6 Å². The van der Waals surface area contributed by atoms with E-state index < -0.39 is 23.8 Å². The van der Waals surface area contributed by atoms with Crippen LogP contribution in [0.4, 0.5) is 4.79 Å². The molecule has 1 aliphatic carbocycles. The molecule has 0 radical (unpaired) electrons. The number of amides is 3. The summed E-state index contributed by atoms with van der Waals surface area (Å²) < 4.78 is 5.48. The summed E-state index contributed by atoms with van der Waals surface area (Å²) in [6.07, 6.45) is 8.76. The highest BCUT2D eigenvalue weighted by Crippen LogP contribution is 2.27. The van der Waals surface area contributed by atoms with E-state index in [9.17, 15) is 14.4 Å². The fraction of sp³-hybridized carbons (Fsp3) is 0.700. The van der Waals surface area contributed by atoms with Crippen LogP contribution in [0.3, 0.4) is 0 Å². The van der Waals surface area contributed by atoms with Crippen molar-refractivity contribution in [2.24, 2.45) is 0 Å². The Labute approximate surface area is 234 Å². The van der Waals surface area contributed by atoms with Crippen LogP contribution in [0.25, 0.3) is 0 Å². The van der Waals surface area contributed by atoms with Crippen LogP contribution < -0.4 is 10.6 Å². The van der Waals surface area contributed by atoms with Gasteiger partial charge in [0.15, 0.2) is 0 Å². The van der Waals surface area contributed by atoms with Crippen LogP contribution >= 0.6 is 11.8 Å². The van der Waals surface area contributed by atoms with Crippen molar-refractivity contribution in [3.05, 3.63) is 34.9 Å². The molecule has 0 spiro atoms. The molecule has 1 aromatic rings. The number of unbranched alkanes of at least 4 members (excludes halogenated alkanes) is 1. The van der Waals surface area contributed by atoms with E-state index in [1.165, 1.54) is 6.42 Å². The van der Waals surface area contributed by atoms with E-state index in [1.807, 2.05) is 32.2 Å². The fourth-order valence-electron chi connectivity index (χ4n) is 5.01. The molecule has 214 valence electrons. The number of nitrogens with one attached hydrogen (secondary N) is 2. The lowest BCUT2D eigenvalue weighted by Gasteiger charge is -2.36. The Morgan fingerprint density at radius 2 is 1.71 bits per heavy atom. The van der Waals surface area contributed by atoms with Crippen molar-refractivity contribution in [2.45, 2.75) is 117 Å². The van der Waals surface area contributed by atoms with Crippen molar-refractivity contribution in [3.63, 3.8) is 0 Å². The molecule has 2 rings (SSSR count). The number of carbonyl (C=O) groups excluding carboxylic acids is 3. The first-order chi connectivity index (χ1) is 17.9. The lowest BCUT2D eigenvalue weighted by Crippen LogP contribution is -2.54. The highest BCUT2D eigenvalue weighted by Gasteiger charge is 2.36. The van der Waals surface area contributed by atoms with Crippen molar-refractivity contribution >= 4 is 29.7 Å². The molecule has 1 aromatic carbocycles. The predicted molar refractivity (Wildman–Crippen MR) is 156 cm³/mol. The van der Waals surface area contributed by atoms with E-state index in [0.29, 0.717) is 18.7 Å². The lowest BCUT2D eigenvalue weighted by atomic mass is 9.94. The summed E-state index contributed by atoms with van der Waals surface area (Å²) in [5.41, 5.74) is 2.22. The van der Waals surface area contributed by atoms with Crippen molar-refractivity contribution in [3.8, 4) is 0 Å². The van der Waals surface area contributed by atoms with E-state index in [0.717, 1.165) is 55.2 Å². The van der Waals surface area contributed by atoms with Gasteiger partial charge < -0.3 is 20.3 Å². The Balaban J connectivity index is 2.47. The van der Waals surface area contributed by atoms with E-state index in [-0.39, 0.29) is 17.9 Å². The molecule has 0 aromatic heterocycles. The predicted octanol–water partition coefficient (Wildman–Crippen LogP) is 6.07. The number of rotatable bonds is 12. The Morgan fingerprint density at radius 1 is 1.08 bits per heavy atom. The normalized spacial score (nSPS) is 15.9. The lowest BCUT2D eigenvalue weighted by molar-refractivity contribution is -0.143. The van der Waals surface area contributed by atoms with Gasteiger partial charge in [-0.3, -0.25) is 9.59 Å². The standard InChI is InChI=1S/C30H49N3O4S/c1-8-9-16-33(28(35)25(15-17-38-7)32-29(36)37-30(4,5)6)26(23-19-21(2)18-22(3)20-23)27(34)31-24-13-11-10-12-14-24/h18-20,24-26H,8-17H2,1-7H3,(H,31,34)(H,32,36). The molecule has 0 saturated heterocycles. The summed E-state index contributed by atoms with van der Waals surface area (Å²) in [4.78, 5) is 42.6. The molecule has 2 atom stereocenters. The van der Waals surface area contributed by atoms with E-state index in [1.54, 1.807) is 37.4 Å². The van der Waals surface area contributed by atoms with Crippen molar-refractivity contribution < 1.29 is 19.1 Å². The number of nitrogens with zero attached hydrogens (tertiary/aromatic N) is 1. The van der Waals surface area contributed by atoms with E-state index in [2.05, 4.69) is 23.6 Å². The quantitative estimate of drug-likeness (QED) is 0.332. The number of aryl methyl sites for hydroxylation is 2. The van der Waals surface area contributed by atoms with Gasteiger partial charge in [-0.1, -0.05) is 61.9 Å². The molecule has 38 heavy (non-hydrogen) atoms. The molecular formula is C30H49N3O4S. The van der Waals surface area contributed by atoms with Gasteiger partial charge in [-0.25, -0.2) is 4.79 Å². The molecule has 0 heterocycles. The largest absolute Gasteiger partial charge is 0.444 e. The molecule has 1 saturated carbocycles. The second-order valence-corrected chi connectivity index (χ2v) is 12.5. The van der Waals surface area contributed by atoms with Gasteiger partial charge in [0.1, 0.15) is 17.7 Å². The number of carbonyl (C=O) groups is 3. The van der Waals surface area contributed by atoms with Crippen molar-refractivity contribution in [1.29, 1.82) is 0 Å². The number of ether oxygens (including phenoxy) is 1. The van der Waals surface area contributed by atoms with Crippen LogP contribution in [0.15, 0.2) is 18.2 Å². The topological polar surface area (TPSA) is 87.7 Å². The summed E-state index contributed by atoms with van der Waals surface area (Å²) in [5.74, 6) is 0.296. The molecule has 3 amide bonds. The smallest absolute Gasteiger partial charge is 0.408 e. The van der Waals surface area contributed by atoms with Crippen LogP contribution in [0.5, 0.6) is 0 Å². The highest BCUT2D eigenvalue weighted by atomic mass is 32.2. The number of alkyl carbamates (subject to hydrolysis) is 1. The molecule has 2 N–H and O–H groups in total. The number of thioether (sulfide) groups is 1. The zero-order chi connectivity index (χ0) is 28.3. The zero-order valence-corrected chi connectivity index (χ0v) is 25.3. The third-order valence-electron chi connectivity index (χ3n) is 6.71. The van der Waals surface area contributed by atoms with Crippen molar-refractivity contribution in [2.75, 3.05) is 18.6 Å². The third kappa shape index (κ3) is 10.5. The van der Waals surface area contributed by atoms with Gasteiger partial charge in [0.25, 0.3) is 0 Å². The minimum absolute atomic E-state index is 0.125. The van der Waals surface area contributed by atoms with Crippen molar-refractivity contribution in [1.82, 2.24) is 15.5 Å². The summed E-state index contributed by atoms with van der Waals surface area (Å²) >= 11 is 1.61. The number of hydrogen-bond acceptors (Lipinski definition) is 5. The molecule has 0 bridgehead atoms. The van der Waals surface area contributed by atoms with Gasteiger partial charge in [0.2, 0.25) is 11.8 Å². The first-order valence-corrected chi connectivity index (χ1v) is 15.5. The van der Waals surface area contributed by atoms with Crippen LogP contribution in [0.1, 0.15) is 102 Å². The molecule has 7 nitrogen and oxygen atoms in total. The third-order valence-corrected chi connectivity index (χ3v) is 7.35. The molecule has 1 fully saturated rings. The molecule has 1 aliphatic rings. The Kier molecular flexibility index (Phi) is 13.0. The molecule has 0 aliphatic heterocycles.